The zero-order valence-electron chi connectivity index (χ0n) is 8.97. The fraction of sp³-hybridized carbons (Fsp3) is 1.00. The van der Waals surface area contributed by atoms with Crippen LogP contribution in [0.4, 0.5) is 0 Å². The zero-order valence-corrected chi connectivity index (χ0v) is 10.5. The second-order valence-corrected chi connectivity index (χ2v) is 3.97. The lowest BCUT2D eigenvalue weighted by Gasteiger charge is -2.17. The maximum atomic E-state index is 5.80. The molecule has 0 amide bonds. The van der Waals surface area contributed by atoms with E-state index in [-0.39, 0.29) is 6.10 Å². The normalized spacial score (nSPS) is 15.4. The Morgan fingerprint density at radius 3 is 2.29 bits per heavy atom. The Kier molecular flexibility index (Phi) is 10.4. The summed E-state index contributed by atoms with van der Waals surface area (Å²) in [6.45, 7) is 2.47. The van der Waals surface area contributed by atoms with Gasteiger partial charge in [0.25, 0.3) is 0 Å². The fourth-order valence-electron chi connectivity index (χ4n) is 1.18. The predicted octanol–water partition coefficient (Wildman–Crippen LogP) is 3.26. The molecular weight excluding hydrogens is 223 g/mol. The molecule has 0 bridgehead atoms. The Balaban J connectivity index is 3.59. The third-order valence-electron chi connectivity index (χ3n) is 2.29. The van der Waals surface area contributed by atoms with Gasteiger partial charge >= 0.3 is 0 Å². The number of hydrogen-bond donors (Lipinski definition) is 0. The van der Waals surface area contributed by atoms with Crippen molar-refractivity contribution in [2.24, 2.45) is 5.92 Å². The molecule has 14 heavy (non-hydrogen) atoms. The standard InChI is InChI=1S/C10H20Cl2O2/c1-3-9(6-11)4-5-10(7-12)14-8-13-2/h9-10H,3-8H2,1-2H3. The lowest BCUT2D eigenvalue weighted by molar-refractivity contribution is -0.0674. The minimum atomic E-state index is 0.0916. The van der Waals surface area contributed by atoms with Gasteiger partial charge in [0.2, 0.25) is 0 Å². The summed E-state index contributed by atoms with van der Waals surface area (Å²) in [6.07, 6.45) is 3.23. The summed E-state index contributed by atoms with van der Waals surface area (Å²) in [5, 5.41) is 0. The quantitative estimate of drug-likeness (QED) is 0.457. The summed E-state index contributed by atoms with van der Waals surface area (Å²) in [5.41, 5.74) is 0. The molecule has 0 aromatic carbocycles. The number of halogens is 2. The second kappa shape index (κ2) is 10.0. The van der Waals surface area contributed by atoms with E-state index < -0.39 is 0 Å². The molecule has 2 unspecified atom stereocenters. The van der Waals surface area contributed by atoms with Gasteiger partial charge in [-0.15, -0.1) is 23.2 Å². The highest BCUT2D eigenvalue weighted by atomic mass is 35.5. The first-order valence-corrected chi connectivity index (χ1v) is 6.07. The van der Waals surface area contributed by atoms with Gasteiger partial charge in [-0.2, -0.15) is 0 Å². The molecule has 0 fully saturated rings. The lowest BCUT2D eigenvalue weighted by atomic mass is 10.0. The molecule has 2 atom stereocenters. The van der Waals surface area contributed by atoms with Gasteiger partial charge in [-0.25, -0.2) is 0 Å². The third kappa shape index (κ3) is 6.88. The summed E-state index contributed by atoms with van der Waals surface area (Å²) in [6, 6.07) is 0. The molecule has 2 nitrogen and oxygen atoms in total. The predicted molar refractivity (Wildman–Crippen MR) is 61.2 cm³/mol. The monoisotopic (exact) mass is 242 g/mol. The molecule has 0 rings (SSSR count). The maximum absolute atomic E-state index is 5.80. The van der Waals surface area contributed by atoms with Crippen LogP contribution in [0.5, 0.6) is 0 Å². The first-order chi connectivity index (χ1) is 6.78. The van der Waals surface area contributed by atoms with E-state index in [2.05, 4.69) is 6.92 Å². The first-order valence-electron chi connectivity index (χ1n) is 5.00. The summed E-state index contributed by atoms with van der Waals surface area (Å²) < 4.78 is 10.2. The molecule has 0 heterocycles. The molecule has 86 valence electrons. The van der Waals surface area contributed by atoms with Crippen molar-refractivity contribution in [2.45, 2.75) is 32.3 Å². The molecule has 0 saturated heterocycles. The van der Waals surface area contributed by atoms with E-state index in [1.165, 1.54) is 0 Å². The summed E-state index contributed by atoms with van der Waals surface area (Å²) in [7, 11) is 1.61. The van der Waals surface area contributed by atoms with Gasteiger partial charge in [-0.05, 0) is 18.8 Å². The van der Waals surface area contributed by atoms with Crippen LogP contribution in [0.3, 0.4) is 0 Å². The van der Waals surface area contributed by atoms with Crippen LogP contribution in [0.2, 0.25) is 0 Å². The van der Waals surface area contributed by atoms with E-state index in [0.717, 1.165) is 25.1 Å². The number of methoxy groups -OCH3 is 1. The van der Waals surface area contributed by atoms with Crippen LogP contribution in [0.1, 0.15) is 26.2 Å². The van der Waals surface area contributed by atoms with Crippen LogP contribution in [-0.4, -0.2) is 31.8 Å². The minimum Gasteiger partial charge on any atom is -0.359 e. The van der Waals surface area contributed by atoms with Crippen LogP contribution in [0, 0.1) is 5.92 Å². The van der Waals surface area contributed by atoms with E-state index in [4.69, 9.17) is 32.7 Å². The van der Waals surface area contributed by atoms with E-state index in [0.29, 0.717) is 18.6 Å². The molecule has 4 heteroatoms. The van der Waals surface area contributed by atoms with Gasteiger partial charge in [0.1, 0.15) is 6.79 Å². The highest BCUT2D eigenvalue weighted by Gasteiger charge is 2.11. The first kappa shape index (κ1) is 14.5. The van der Waals surface area contributed by atoms with Crippen molar-refractivity contribution < 1.29 is 9.47 Å². The van der Waals surface area contributed by atoms with Crippen LogP contribution in [-0.2, 0) is 9.47 Å². The Hall–Kier alpha value is 0.500. The van der Waals surface area contributed by atoms with Crippen LogP contribution >= 0.6 is 23.2 Å². The van der Waals surface area contributed by atoms with E-state index in [1.54, 1.807) is 7.11 Å². The van der Waals surface area contributed by atoms with Crippen LogP contribution < -0.4 is 0 Å². The molecule has 0 aliphatic heterocycles. The second-order valence-electron chi connectivity index (χ2n) is 3.36. The van der Waals surface area contributed by atoms with Gasteiger partial charge in [0.15, 0.2) is 0 Å². The van der Waals surface area contributed by atoms with Crippen LogP contribution in [0.15, 0.2) is 0 Å². The van der Waals surface area contributed by atoms with Gasteiger partial charge in [0, 0.05) is 18.9 Å². The van der Waals surface area contributed by atoms with Crippen molar-refractivity contribution >= 4 is 23.2 Å². The molecule has 0 radical (unpaired) electrons. The lowest BCUT2D eigenvalue weighted by Crippen LogP contribution is -2.18. The summed E-state index contributed by atoms with van der Waals surface area (Å²) in [5.74, 6) is 1.81. The molecule has 0 aromatic heterocycles. The number of hydrogen-bond acceptors (Lipinski definition) is 2. The Morgan fingerprint density at radius 2 is 1.86 bits per heavy atom. The van der Waals surface area contributed by atoms with Crippen molar-refractivity contribution in [3.05, 3.63) is 0 Å². The molecule has 0 aliphatic carbocycles. The molecule has 0 spiro atoms. The minimum absolute atomic E-state index is 0.0916. The zero-order chi connectivity index (χ0) is 10.8. The number of alkyl halides is 2. The van der Waals surface area contributed by atoms with Gasteiger partial charge in [-0.1, -0.05) is 13.3 Å². The average molecular weight is 243 g/mol. The van der Waals surface area contributed by atoms with Crippen molar-refractivity contribution in [2.75, 3.05) is 25.7 Å². The number of ether oxygens (including phenoxy) is 2. The largest absolute Gasteiger partial charge is 0.359 e. The molecule has 0 aromatic rings. The molecule has 0 aliphatic rings. The van der Waals surface area contributed by atoms with Crippen LogP contribution in [0.25, 0.3) is 0 Å². The maximum Gasteiger partial charge on any atom is 0.146 e. The van der Waals surface area contributed by atoms with Gasteiger partial charge in [-0.3, -0.25) is 0 Å². The topological polar surface area (TPSA) is 18.5 Å². The third-order valence-corrected chi connectivity index (χ3v) is 3.07. The van der Waals surface area contributed by atoms with Crippen molar-refractivity contribution in [1.29, 1.82) is 0 Å². The van der Waals surface area contributed by atoms with Crippen molar-refractivity contribution in [3.8, 4) is 0 Å². The highest BCUT2D eigenvalue weighted by molar-refractivity contribution is 6.18. The Labute approximate surface area is 96.9 Å². The molecular formula is C10H20Cl2O2. The molecule has 0 N–H and O–H groups in total. The van der Waals surface area contributed by atoms with Crippen molar-refractivity contribution in [3.63, 3.8) is 0 Å². The Bertz CT molecular complexity index is 119. The number of rotatable bonds is 9. The van der Waals surface area contributed by atoms with E-state index in [9.17, 15) is 0 Å². The van der Waals surface area contributed by atoms with Crippen molar-refractivity contribution in [1.82, 2.24) is 0 Å². The summed E-state index contributed by atoms with van der Waals surface area (Å²) >= 11 is 11.6. The average Bonchev–Trinajstić information content (AvgIpc) is 2.23. The smallest absolute Gasteiger partial charge is 0.146 e. The SMILES string of the molecule is CCC(CCl)CCC(CCl)OCOC. The highest BCUT2D eigenvalue weighted by Crippen LogP contribution is 2.16. The molecule has 0 saturated carbocycles. The summed E-state index contributed by atoms with van der Waals surface area (Å²) in [4.78, 5) is 0. The Morgan fingerprint density at radius 1 is 1.14 bits per heavy atom. The van der Waals surface area contributed by atoms with E-state index >= 15 is 0 Å². The van der Waals surface area contributed by atoms with Gasteiger partial charge < -0.3 is 9.47 Å². The van der Waals surface area contributed by atoms with Gasteiger partial charge in [0.05, 0.1) is 6.10 Å². The van der Waals surface area contributed by atoms with E-state index in [1.807, 2.05) is 0 Å². The fourth-order valence-corrected chi connectivity index (χ4v) is 1.80.